The molecule has 0 bridgehead atoms. The van der Waals surface area contributed by atoms with E-state index in [1.165, 1.54) is 31.2 Å². The second kappa shape index (κ2) is 12.2. The fourth-order valence-corrected chi connectivity index (χ4v) is 3.97. The Morgan fingerprint density at radius 2 is 1.56 bits per heavy atom. The molecule has 1 amide bonds. The van der Waals surface area contributed by atoms with Gasteiger partial charge in [-0.25, -0.2) is 13.1 Å². The molecule has 2 aromatic rings. The molecule has 2 aromatic carbocycles. The second-order valence-corrected chi connectivity index (χ2v) is 8.74. The van der Waals surface area contributed by atoms with Crippen LogP contribution >= 0.6 is 0 Å². The van der Waals surface area contributed by atoms with E-state index in [0.29, 0.717) is 43.2 Å². The van der Waals surface area contributed by atoms with Gasteiger partial charge in [0.25, 0.3) is 0 Å². The predicted octanol–water partition coefficient (Wildman–Crippen LogP) is 2.71. The molecule has 0 aromatic heterocycles. The quantitative estimate of drug-likeness (QED) is 0.443. The average molecular weight is 463 g/mol. The van der Waals surface area contributed by atoms with Gasteiger partial charge in [0.15, 0.2) is 17.3 Å². The molecule has 8 nitrogen and oxygen atoms in total. The minimum absolute atomic E-state index is 0.0121. The van der Waals surface area contributed by atoms with Gasteiger partial charge in [-0.15, -0.1) is 0 Å². The number of Topliss-reactive ketones (excluding diaryl/α,β-unsaturated/α-hetero) is 1. The molecule has 0 aliphatic rings. The number of benzene rings is 2. The lowest BCUT2D eigenvalue weighted by atomic mass is 10.1. The van der Waals surface area contributed by atoms with Gasteiger partial charge in [0.1, 0.15) is 0 Å². The van der Waals surface area contributed by atoms with Crippen molar-refractivity contribution in [3.63, 3.8) is 0 Å². The molecular weight excluding hydrogens is 432 g/mol. The monoisotopic (exact) mass is 462 g/mol. The summed E-state index contributed by atoms with van der Waals surface area (Å²) in [5.41, 5.74) is 1.43. The molecule has 0 fully saturated rings. The number of hydrogen-bond acceptors (Lipinski definition) is 6. The molecule has 0 aliphatic carbocycles. The molecule has 0 unspecified atom stereocenters. The normalized spacial score (nSPS) is 11.1. The van der Waals surface area contributed by atoms with Gasteiger partial charge in [-0.2, -0.15) is 0 Å². The Hall–Kier alpha value is -2.91. The van der Waals surface area contributed by atoms with Crippen molar-refractivity contribution >= 4 is 21.7 Å². The molecule has 0 heterocycles. The van der Waals surface area contributed by atoms with E-state index in [-0.39, 0.29) is 29.6 Å². The lowest BCUT2D eigenvalue weighted by Gasteiger charge is -2.12. The van der Waals surface area contributed by atoms with E-state index in [2.05, 4.69) is 10.0 Å². The van der Waals surface area contributed by atoms with E-state index >= 15 is 0 Å². The zero-order valence-electron chi connectivity index (χ0n) is 18.6. The first-order valence-corrected chi connectivity index (χ1v) is 12.0. The summed E-state index contributed by atoms with van der Waals surface area (Å²) in [5, 5.41) is 2.79. The van der Waals surface area contributed by atoms with Gasteiger partial charge < -0.3 is 14.8 Å². The predicted molar refractivity (Wildman–Crippen MR) is 122 cm³/mol. The third-order valence-corrected chi connectivity index (χ3v) is 6.04. The minimum atomic E-state index is -3.75. The van der Waals surface area contributed by atoms with Crippen LogP contribution in [0.15, 0.2) is 47.4 Å². The average Bonchev–Trinajstić information content (AvgIpc) is 2.75. The summed E-state index contributed by atoms with van der Waals surface area (Å²) in [5.74, 6) is 0.961. The van der Waals surface area contributed by atoms with Gasteiger partial charge in [0.05, 0.1) is 18.1 Å². The van der Waals surface area contributed by atoms with Gasteiger partial charge in [-0.3, -0.25) is 9.59 Å². The number of ketones is 1. The highest BCUT2D eigenvalue weighted by atomic mass is 32.2. The Morgan fingerprint density at radius 1 is 0.906 bits per heavy atom. The zero-order chi connectivity index (χ0) is 23.6. The van der Waals surface area contributed by atoms with Crippen LogP contribution in [0, 0.1) is 0 Å². The van der Waals surface area contributed by atoms with Crippen LogP contribution in [0.5, 0.6) is 11.5 Å². The van der Waals surface area contributed by atoms with Gasteiger partial charge >= 0.3 is 0 Å². The molecule has 0 atom stereocenters. The maximum Gasteiger partial charge on any atom is 0.240 e. The van der Waals surface area contributed by atoms with E-state index < -0.39 is 10.0 Å². The van der Waals surface area contributed by atoms with Crippen molar-refractivity contribution in [1.82, 2.24) is 10.0 Å². The molecule has 32 heavy (non-hydrogen) atoms. The molecule has 0 aliphatic heterocycles. The van der Waals surface area contributed by atoms with Crippen LogP contribution in [0.2, 0.25) is 0 Å². The number of ether oxygens (including phenoxy) is 2. The number of rotatable bonds is 13. The van der Waals surface area contributed by atoms with Crippen molar-refractivity contribution in [2.45, 2.75) is 38.5 Å². The van der Waals surface area contributed by atoms with Crippen LogP contribution in [0.25, 0.3) is 0 Å². The first-order chi connectivity index (χ1) is 15.3. The van der Waals surface area contributed by atoms with Gasteiger partial charge in [0.2, 0.25) is 15.9 Å². The summed E-state index contributed by atoms with van der Waals surface area (Å²) in [7, 11) is -3.75. The molecule has 0 radical (unpaired) electrons. The summed E-state index contributed by atoms with van der Waals surface area (Å²) in [4.78, 5) is 23.4. The van der Waals surface area contributed by atoms with E-state index in [4.69, 9.17) is 9.47 Å². The van der Waals surface area contributed by atoms with Crippen LogP contribution in [0.3, 0.4) is 0 Å². The molecule has 0 saturated heterocycles. The molecule has 174 valence electrons. The van der Waals surface area contributed by atoms with Crippen LogP contribution < -0.4 is 19.5 Å². The van der Waals surface area contributed by atoms with E-state index in [1.807, 2.05) is 32.0 Å². The standard InChI is InChI=1S/C23H30N2O6S/c1-4-30-21-11-6-18(16-22(21)31-5-2)12-14-24-23(27)13-15-25-32(28,29)20-9-7-19(8-10-20)17(3)26/h6-11,16,25H,4-5,12-15H2,1-3H3,(H,24,27). The third-order valence-electron chi connectivity index (χ3n) is 4.56. The van der Waals surface area contributed by atoms with E-state index in [0.717, 1.165) is 5.56 Å². The number of amides is 1. The van der Waals surface area contributed by atoms with E-state index in [9.17, 15) is 18.0 Å². The van der Waals surface area contributed by atoms with Crippen LogP contribution in [-0.2, 0) is 21.2 Å². The molecule has 0 saturated carbocycles. The van der Waals surface area contributed by atoms with Crippen molar-refractivity contribution in [3.8, 4) is 11.5 Å². The van der Waals surface area contributed by atoms with Crippen LogP contribution in [0.1, 0.15) is 43.1 Å². The topological polar surface area (TPSA) is 111 Å². The van der Waals surface area contributed by atoms with Crippen molar-refractivity contribution in [3.05, 3.63) is 53.6 Å². The number of nitrogens with one attached hydrogen (secondary N) is 2. The fourth-order valence-electron chi connectivity index (χ4n) is 2.94. The highest BCUT2D eigenvalue weighted by Gasteiger charge is 2.14. The molecule has 9 heteroatoms. The Morgan fingerprint density at radius 3 is 2.19 bits per heavy atom. The number of sulfonamides is 1. The second-order valence-electron chi connectivity index (χ2n) is 6.98. The molecule has 2 N–H and O–H groups in total. The number of hydrogen-bond donors (Lipinski definition) is 2. The SMILES string of the molecule is CCOc1ccc(CCNC(=O)CCNS(=O)(=O)c2ccc(C(C)=O)cc2)cc1OCC. The summed E-state index contributed by atoms with van der Waals surface area (Å²) in [6.07, 6.45) is 0.616. The Labute approximate surface area is 189 Å². The Bertz CT molecular complexity index is 1020. The third kappa shape index (κ3) is 7.65. The number of carbonyl (C=O) groups excluding carboxylic acids is 2. The lowest BCUT2D eigenvalue weighted by Crippen LogP contribution is -2.31. The van der Waals surface area contributed by atoms with Crippen molar-refractivity contribution in [1.29, 1.82) is 0 Å². The first-order valence-electron chi connectivity index (χ1n) is 10.5. The summed E-state index contributed by atoms with van der Waals surface area (Å²) < 4.78 is 38.1. The maximum absolute atomic E-state index is 12.3. The largest absolute Gasteiger partial charge is 0.490 e. The van der Waals surface area contributed by atoms with Gasteiger partial charge in [0, 0.05) is 25.1 Å². The highest BCUT2D eigenvalue weighted by molar-refractivity contribution is 7.89. The summed E-state index contributed by atoms with van der Waals surface area (Å²) in [6.45, 7) is 6.67. The molecular formula is C23H30N2O6S. The van der Waals surface area contributed by atoms with Gasteiger partial charge in [-0.05, 0) is 57.0 Å². The fraction of sp³-hybridized carbons (Fsp3) is 0.391. The zero-order valence-corrected chi connectivity index (χ0v) is 19.5. The smallest absolute Gasteiger partial charge is 0.240 e. The van der Waals surface area contributed by atoms with Crippen molar-refractivity contribution in [2.75, 3.05) is 26.3 Å². The van der Waals surface area contributed by atoms with E-state index in [1.54, 1.807) is 0 Å². The maximum atomic E-state index is 12.3. The van der Waals surface area contributed by atoms with Crippen LogP contribution in [0.4, 0.5) is 0 Å². The Kier molecular flexibility index (Phi) is 9.67. The minimum Gasteiger partial charge on any atom is -0.490 e. The van der Waals surface area contributed by atoms with Crippen molar-refractivity contribution < 1.29 is 27.5 Å². The first kappa shape index (κ1) is 25.4. The lowest BCUT2D eigenvalue weighted by molar-refractivity contribution is -0.120. The summed E-state index contributed by atoms with van der Waals surface area (Å²) >= 11 is 0. The number of carbonyl (C=O) groups is 2. The van der Waals surface area contributed by atoms with Crippen LogP contribution in [-0.4, -0.2) is 46.4 Å². The van der Waals surface area contributed by atoms with Gasteiger partial charge in [-0.1, -0.05) is 18.2 Å². The summed E-state index contributed by atoms with van der Waals surface area (Å²) in [6, 6.07) is 11.3. The Balaban J connectivity index is 1.78. The molecule has 0 spiro atoms. The highest BCUT2D eigenvalue weighted by Crippen LogP contribution is 2.28. The van der Waals surface area contributed by atoms with Crippen molar-refractivity contribution in [2.24, 2.45) is 0 Å². The molecule has 2 rings (SSSR count).